The third-order valence-electron chi connectivity index (χ3n) is 3.53. The van der Waals surface area contributed by atoms with E-state index in [1.165, 1.54) is 0 Å². The lowest BCUT2D eigenvalue weighted by atomic mass is 10.1. The first-order chi connectivity index (χ1) is 11.1. The Labute approximate surface area is 149 Å². The summed E-state index contributed by atoms with van der Waals surface area (Å²) in [5.74, 6) is 0.270. The standard InChI is InChI=1S/C14H14BrClFN3O.C2H6/c1-8-7-9-12(11(17)10(8)15)18-14(16)19-13(9)20-3-2-5-21-6-4-20;1-2/h7H,2-6H2,1H3;1-2H3. The number of aromatic nitrogens is 2. The molecule has 0 spiro atoms. The summed E-state index contributed by atoms with van der Waals surface area (Å²) in [5.41, 5.74) is 1.05. The average Bonchev–Trinajstić information content (AvgIpc) is 2.84. The van der Waals surface area contributed by atoms with Crippen LogP contribution in [-0.4, -0.2) is 36.3 Å². The van der Waals surface area contributed by atoms with Crippen LogP contribution in [0.15, 0.2) is 10.5 Å². The summed E-state index contributed by atoms with van der Waals surface area (Å²) >= 11 is 9.23. The molecule has 2 aromatic rings. The zero-order chi connectivity index (χ0) is 17.0. The van der Waals surface area contributed by atoms with Crippen molar-refractivity contribution in [1.29, 1.82) is 0 Å². The Balaban J connectivity index is 0.000000924. The molecule has 126 valence electrons. The molecule has 0 amide bonds. The minimum absolute atomic E-state index is 0.0531. The van der Waals surface area contributed by atoms with E-state index in [0.29, 0.717) is 28.8 Å². The summed E-state index contributed by atoms with van der Waals surface area (Å²) < 4.78 is 20.3. The molecule has 4 nitrogen and oxygen atoms in total. The lowest BCUT2D eigenvalue weighted by molar-refractivity contribution is 0.152. The first-order valence-electron chi connectivity index (χ1n) is 7.72. The lowest BCUT2D eigenvalue weighted by Gasteiger charge is -2.22. The zero-order valence-corrected chi connectivity index (χ0v) is 15.8. The molecule has 0 bridgehead atoms. The maximum Gasteiger partial charge on any atom is 0.225 e. The number of hydrogen-bond acceptors (Lipinski definition) is 4. The van der Waals surface area contributed by atoms with E-state index in [0.717, 1.165) is 25.1 Å². The summed E-state index contributed by atoms with van der Waals surface area (Å²) in [5, 5.41) is 0.733. The molecular weight excluding hydrogens is 385 g/mol. The normalized spacial score (nSPS) is 15.1. The highest BCUT2D eigenvalue weighted by Gasteiger charge is 2.20. The van der Waals surface area contributed by atoms with Gasteiger partial charge in [-0.1, -0.05) is 13.8 Å². The first-order valence-corrected chi connectivity index (χ1v) is 8.89. The second-order valence-corrected chi connectivity index (χ2v) is 6.12. The van der Waals surface area contributed by atoms with E-state index < -0.39 is 5.82 Å². The van der Waals surface area contributed by atoms with Crippen LogP contribution < -0.4 is 4.90 Å². The molecule has 0 saturated carbocycles. The predicted molar refractivity (Wildman–Crippen MR) is 95.9 cm³/mol. The molecular formula is C16H20BrClFN3O. The zero-order valence-electron chi connectivity index (χ0n) is 13.5. The van der Waals surface area contributed by atoms with Crippen LogP contribution in [0.2, 0.25) is 5.28 Å². The van der Waals surface area contributed by atoms with Gasteiger partial charge in [0.05, 0.1) is 11.1 Å². The number of hydrogen-bond donors (Lipinski definition) is 0. The molecule has 0 radical (unpaired) electrons. The molecule has 1 fully saturated rings. The van der Waals surface area contributed by atoms with Gasteiger partial charge in [0, 0.05) is 25.1 Å². The molecule has 23 heavy (non-hydrogen) atoms. The van der Waals surface area contributed by atoms with E-state index in [1.54, 1.807) is 0 Å². The number of aryl methyl sites for hydroxylation is 1. The maximum atomic E-state index is 14.4. The van der Waals surface area contributed by atoms with Crippen LogP contribution in [0, 0.1) is 12.7 Å². The smallest absolute Gasteiger partial charge is 0.225 e. The van der Waals surface area contributed by atoms with Crippen LogP contribution in [0.25, 0.3) is 10.9 Å². The van der Waals surface area contributed by atoms with Gasteiger partial charge >= 0.3 is 0 Å². The van der Waals surface area contributed by atoms with Crippen molar-refractivity contribution in [2.75, 3.05) is 31.2 Å². The van der Waals surface area contributed by atoms with E-state index in [9.17, 15) is 4.39 Å². The van der Waals surface area contributed by atoms with E-state index >= 15 is 0 Å². The molecule has 1 aromatic carbocycles. The largest absolute Gasteiger partial charge is 0.380 e. The van der Waals surface area contributed by atoms with Crippen molar-refractivity contribution in [3.05, 3.63) is 27.2 Å². The molecule has 0 atom stereocenters. The van der Waals surface area contributed by atoms with Crippen molar-refractivity contribution < 1.29 is 9.13 Å². The van der Waals surface area contributed by atoms with Gasteiger partial charge in [-0.05, 0) is 52.5 Å². The summed E-state index contributed by atoms with van der Waals surface area (Å²) in [7, 11) is 0. The Hall–Kier alpha value is -0.980. The average molecular weight is 405 g/mol. The number of ether oxygens (including phenoxy) is 1. The fourth-order valence-corrected chi connectivity index (χ4v) is 2.95. The van der Waals surface area contributed by atoms with Crippen LogP contribution in [0.1, 0.15) is 25.8 Å². The van der Waals surface area contributed by atoms with Crippen LogP contribution in [0.4, 0.5) is 10.2 Å². The van der Waals surface area contributed by atoms with Crippen molar-refractivity contribution >= 4 is 44.3 Å². The number of benzene rings is 1. The summed E-state index contributed by atoms with van der Waals surface area (Å²) in [6.45, 7) is 8.71. The fraction of sp³-hybridized carbons (Fsp3) is 0.500. The molecule has 1 aliphatic rings. The van der Waals surface area contributed by atoms with Crippen LogP contribution >= 0.6 is 27.5 Å². The maximum absolute atomic E-state index is 14.4. The van der Waals surface area contributed by atoms with Crippen molar-refractivity contribution in [1.82, 2.24) is 9.97 Å². The minimum atomic E-state index is -0.401. The molecule has 1 aromatic heterocycles. The Kier molecular flexibility index (Phi) is 6.56. The summed E-state index contributed by atoms with van der Waals surface area (Å²) in [6, 6.07) is 1.89. The van der Waals surface area contributed by atoms with Crippen LogP contribution in [-0.2, 0) is 4.74 Å². The molecule has 1 saturated heterocycles. The molecule has 1 aliphatic heterocycles. The van der Waals surface area contributed by atoms with Gasteiger partial charge in [-0.15, -0.1) is 0 Å². The van der Waals surface area contributed by atoms with E-state index in [1.807, 2.05) is 26.8 Å². The molecule has 3 rings (SSSR count). The minimum Gasteiger partial charge on any atom is -0.380 e. The van der Waals surface area contributed by atoms with Crippen molar-refractivity contribution in [3.63, 3.8) is 0 Å². The second-order valence-electron chi connectivity index (χ2n) is 4.99. The van der Waals surface area contributed by atoms with Gasteiger partial charge in [0.25, 0.3) is 0 Å². The van der Waals surface area contributed by atoms with E-state index in [2.05, 4.69) is 30.8 Å². The van der Waals surface area contributed by atoms with Crippen LogP contribution in [0.3, 0.4) is 0 Å². The van der Waals surface area contributed by atoms with Gasteiger partial charge in [-0.3, -0.25) is 0 Å². The Bertz CT molecular complexity index is 691. The van der Waals surface area contributed by atoms with Gasteiger partial charge in [0.1, 0.15) is 11.3 Å². The summed E-state index contributed by atoms with van der Waals surface area (Å²) in [6.07, 6.45) is 0.904. The topological polar surface area (TPSA) is 38.2 Å². The number of nitrogens with zero attached hydrogens (tertiary/aromatic N) is 3. The molecule has 7 heteroatoms. The lowest BCUT2D eigenvalue weighted by Crippen LogP contribution is -2.27. The first kappa shape index (κ1) is 18.4. The van der Waals surface area contributed by atoms with Crippen molar-refractivity contribution in [3.8, 4) is 0 Å². The highest BCUT2D eigenvalue weighted by atomic mass is 79.9. The van der Waals surface area contributed by atoms with E-state index in [-0.39, 0.29) is 10.8 Å². The van der Waals surface area contributed by atoms with Crippen molar-refractivity contribution in [2.24, 2.45) is 0 Å². The Morgan fingerprint density at radius 3 is 2.74 bits per heavy atom. The number of fused-ring (bicyclic) bond motifs is 1. The van der Waals surface area contributed by atoms with Crippen molar-refractivity contribution in [2.45, 2.75) is 27.2 Å². The number of halogens is 3. The molecule has 2 heterocycles. The van der Waals surface area contributed by atoms with Gasteiger partial charge in [0.2, 0.25) is 5.28 Å². The molecule has 0 unspecified atom stereocenters. The monoisotopic (exact) mass is 403 g/mol. The highest BCUT2D eigenvalue weighted by Crippen LogP contribution is 2.33. The fourth-order valence-electron chi connectivity index (χ4n) is 2.49. The quantitative estimate of drug-likeness (QED) is 0.643. The second kappa shape index (κ2) is 8.22. The Morgan fingerprint density at radius 1 is 1.26 bits per heavy atom. The van der Waals surface area contributed by atoms with Crippen LogP contribution in [0.5, 0.6) is 0 Å². The third kappa shape index (κ3) is 3.92. The molecule has 0 aliphatic carbocycles. The SMILES string of the molecule is CC.Cc1cc2c(N3CCCOCC3)nc(Cl)nc2c(F)c1Br. The van der Waals surface area contributed by atoms with Gasteiger partial charge < -0.3 is 9.64 Å². The highest BCUT2D eigenvalue weighted by molar-refractivity contribution is 9.10. The molecule has 0 N–H and O–H groups in total. The van der Waals surface area contributed by atoms with Gasteiger partial charge in [-0.25, -0.2) is 9.37 Å². The number of rotatable bonds is 1. The third-order valence-corrected chi connectivity index (χ3v) is 4.67. The predicted octanol–water partition coefficient (Wildman–Crippen LogP) is 4.75. The number of anilines is 1. The summed E-state index contributed by atoms with van der Waals surface area (Å²) in [4.78, 5) is 10.4. The van der Waals surface area contributed by atoms with Gasteiger partial charge in [0.15, 0.2) is 5.82 Å². The Morgan fingerprint density at radius 2 is 2.00 bits per heavy atom. The van der Waals surface area contributed by atoms with Gasteiger partial charge in [-0.2, -0.15) is 4.98 Å². The van der Waals surface area contributed by atoms with E-state index in [4.69, 9.17) is 16.3 Å².